The molecule has 4 rings (SSSR count). The lowest BCUT2D eigenvalue weighted by Gasteiger charge is -2.18. The zero-order valence-corrected chi connectivity index (χ0v) is 15.5. The average Bonchev–Trinajstić information content (AvgIpc) is 3.08. The van der Waals surface area contributed by atoms with Crippen LogP contribution in [-0.2, 0) is 5.41 Å². The van der Waals surface area contributed by atoms with Crippen LogP contribution in [0.3, 0.4) is 0 Å². The summed E-state index contributed by atoms with van der Waals surface area (Å²) in [7, 11) is 0. The van der Waals surface area contributed by atoms with Crippen LogP contribution in [0.2, 0.25) is 0 Å². The quantitative estimate of drug-likeness (QED) is 0.474. The van der Waals surface area contributed by atoms with Crippen LogP contribution in [0.25, 0.3) is 21.3 Å². The number of nitrogens with one attached hydrogen (secondary N) is 1. The van der Waals surface area contributed by atoms with Gasteiger partial charge in [0, 0.05) is 5.69 Å². The molecule has 0 aliphatic carbocycles. The predicted octanol–water partition coefficient (Wildman–Crippen LogP) is 5.37. The molecule has 0 spiro atoms. The zero-order valence-electron chi connectivity index (χ0n) is 14.7. The molecule has 0 fully saturated rings. The number of aromatic nitrogens is 2. The molecule has 4 aromatic rings. The summed E-state index contributed by atoms with van der Waals surface area (Å²) in [5, 5.41) is 3.92. The number of aryl methyl sites for hydroxylation is 1. The lowest BCUT2D eigenvalue weighted by molar-refractivity contribution is 0.590. The minimum absolute atomic E-state index is 0.0746. The highest BCUT2D eigenvalue weighted by molar-refractivity contribution is 7.22. The van der Waals surface area contributed by atoms with E-state index in [1.165, 1.54) is 16.9 Å². The Morgan fingerprint density at radius 3 is 2.68 bits per heavy atom. The van der Waals surface area contributed by atoms with Gasteiger partial charge in [0.1, 0.15) is 5.52 Å². The van der Waals surface area contributed by atoms with Crippen molar-refractivity contribution >= 4 is 49.5 Å². The van der Waals surface area contributed by atoms with Crippen LogP contribution in [-0.4, -0.2) is 9.97 Å². The average molecular weight is 352 g/mol. The van der Waals surface area contributed by atoms with Crippen molar-refractivity contribution in [2.75, 3.05) is 11.1 Å². The third-order valence-electron chi connectivity index (χ3n) is 4.18. The molecule has 2 aromatic carbocycles. The van der Waals surface area contributed by atoms with E-state index in [0.717, 1.165) is 37.7 Å². The maximum Gasteiger partial charge on any atom is 0.302 e. The lowest BCUT2D eigenvalue weighted by atomic mass is 9.87. The van der Waals surface area contributed by atoms with Crippen molar-refractivity contribution in [2.24, 2.45) is 0 Å². The van der Waals surface area contributed by atoms with Crippen molar-refractivity contribution in [2.45, 2.75) is 33.1 Å². The fourth-order valence-corrected chi connectivity index (χ4v) is 3.80. The third kappa shape index (κ3) is 2.93. The van der Waals surface area contributed by atoms with Crippen molar-refractivity contribution in [1.29, 1.82) is 0 Å². The molecule has 0 radical (unpaired) electrons. The highest BCUT2D eigenvalue weighted by atomic mass is 32.1. The number of nitrogens with zero attached hydrogens (tertiary/aromatic N) is 2. The Morgan fingerprint density at radius 1 is 1.12 bits per heavy atom. The molecular formula is C19H20N4OS. The second-order valence-corrected chi connectivity index (χ2v) is 8.31. The van der Waals surface area contributed by atoms with Gasteiger partial charge >= 0.3 is 6.01 Å². The molecule has 128 valence electrons. The number of fused-ring (bicyclic) bond motifs is 2. The number of nitrogen functional groups attached to an aromatic ring is 1. The van der Waals surface area contributed by atoms with Crippen LogP contribution < -0.4 is 11.1 Å². The molecule has 6 heteroatoms. The first-order chi connectivity index (χ1) is 11.8. The van der Waals surface area contributed by atoms with E-state index < -0.39 is 0 Å². The first-order valence-corrected chi connectivity index (χ1v) is 8.96. The monoisotopic (exact) mass is 352 g/mol. The van der Waals surface area contributed by atoms with Crippen LogP contribution in [0, 0.1) is 6.92 Å². The number of nitrogens with two attached hydrogens (primary N) is 1. The molecule has 0 unspecified atom stereocenters. The van der Waals surface area contributed by atoms with Gasteiger partial charge in [-0.2, -0.15) is 4.98 Å². The number of hydrogen-bond donors (Lipinski definition) is 2. The SMILES string of the molecule is Cc1cc(N)cc2sc(Nc3nc4cc(C(C)(C)C)ccc4o3)nc12. The van der Waals surface area contributed by atoms with Gasteiger partial charge in [0.2, 0.25) is 0 Å². The van der Waals surface area contributed by atoms with Gasteiger partial charge in [0.05, 0.1) is 10.2 Å². The summed E-state index contributed by atoms with van der Waals surface area (Å²) in [6.07, 6.45) is 0. The molecule has 0 bridgehead atoms. The van der Waals surface area contributed by atoms with E-state index in [1.54, 1.807) is 0 Å². The van der Waals surface area contributed by atoms with Crippen LogP contribution >= 0.6 is 11.3 Å². The van der Waals surface area contributed by atoms with Gasteiger partial charge in [-0.3, -0.25) is 5.32 Å². The number of thiazole rings is 1. The lowest BCUT2D eigenvalue weighted by Crippen LogP contribution is -2.10. The molecule has 0 saturated carbocycles. The van der Waals surface area contributed by atoms with E-state index in [1.807, 2.05) is 25.1 Å². The first kappa shape index (κ1) is 15.9. The number of anilines is 3. The summed E-state index contributed by atoms with van der Waals surface area (Å²) in [5.74, 6) is 0. The van der Waals surface area contributed by atoms with Crippen LogP contribution in [0.15, 0.2) is 34.7 Å². The Morgan fingerprint density at radius 2 is 1.92 bits per heavy atom. The maximum absolute atomic E-state index is 5.91. The second-order valence-electron chi connectivity index (χ2n) is 7.28. The molecule has 3 N–H and O–H groups in total. The highest BCUT2D eigenvalue weighted by Gasteiger charge is 2.16. The summed E-state index contributed by atoms with van der Waals surface area (Å²) in [6.45, 7) is 8.56. The standard InChI is InChI=1S/C19H20N4OS/c1-10-7-12(20)9-15-16(10)22-18(25-15)23-17-21-13-8-11(19(2,3)4)5-6-14(13)24-17/h5-9H,20H2,1-4H3,(H,21,22,23). The van der Waals surface area contributed by atoms with Crippen LogP contribution in [0.4, 0.5) is 16.8 Å². The Kier molecular flexibility index (Phi) is 3.47. The molecular weight excluding hydrogens is 332 g/mol. The fraction of sp³-hybridized carbons (Fsp3) is 0.263. The molecule has 0 aliphatic heterocycles. The minimum atomic E-state index is 0.0746. The van der Waals surface area contributed by atoms with Gasteiger partial charge in [0.15, 0.2) is 10.7 Å². The number of hydrogen-bond acceptors (Lipinski definition) is 6. The van der Waals surface area contributed by atoms with E-state index >= 15 is 0 Å². The molecule has 0 aliphatic rings. The van der Waals surface area contributed by atoms with Crippen LogP contribution in [0.1, 0.15) is 31.9 Å². The molecule has 0 saturated heterocycles. The maximum atomic E-state index is 5.91. The smallest absolute Gasteiger partial charge is 0.302 e. The fourth-order valence-electron chi connectivity index (χ4n) is 2.82. The predicted molar refractivity (Wildman–Crippen MR) is 105 cm³/mol. The van der Waals surface area contributed by atoms with Gasteiger partial charge in [-0.15, -0.1) is 0 Å². The summed E-state index contributed by atoms with van der Waals surface area (Å²) < 4.78 is 6.86. The second kappa shape index (κ2) is 5.46. The Balaban J connectivity index is 1.70. The Hall–Kier alpha value is -2.60. The van der Waals surface area contributed by atoms with Crippen LogP contribution in [0.5, 0.6) is 0 Å². The summed E-state index contributed by atoms with van der Waals surface area (Å²) in [6, 6.07) is 10.4. The number of rotatable bonds is 2. The van der Waals surface area contributed by atoms with E-state index in [4.69, 9.17) is 10.2 Å². The number of oxazole rings is 1. The van der Waals surface area contributed by atoms with E-state index in [0.29, 0.717) is 6.01 Å². The zero-order chi connectivity index (χ0) is 17.8. The topological polar surface area (TPSA) is 77.0 Å². The summed E-state index contributed by atoms with van der Waals surface area (Å²) in [4.78, 5) is 9.18. The van der Waals surface area contributed by atoms with E-state index in [9.17, 15) is 0 Å². The molecule has 25 heavy (non-hydrogen) atoms. The van der Waals surface area contributed by atoms with Gasteiger partial charge in [-0.25, -0.2) is 4.98 Å². The summed E-state index contributed by atoms with van der Waals surface area (Å²) >= 11 is 1.54. The normalized spacial score (nSPS) is 12.2. The largest absolute Gasteiger partial charge is 0.423 e. The number of benzene rings is 2. The van der Waals surface area contributed by atoms with Crippen molar-refractivity contribution in [3.05, 3.63) is 41.5 Å². The Labute approximate surface area is 149 Å². The van der Waals surface area contributed by atoms with Gasteiger partial charge < -0.3 is 10.2 Å². The minimum Gasteiger partial charge on any atom is -0.423 e. The van der Waals surface area contributed by atoms with E-state index in [2.05, 4.69) is 48.2 Å². The van der Waals surface area contributed by atoms with Gasteiger partial charge in [-0.1, -0.05) is 38.2 Å². The summed E-state index contributed by atoms with van der Waals surface area (Å²) in [5.41, 5.74) is 11.6. The molecule has 2 aromatic heterocycles. The highest BCUT2D eigenvalue weighted by Crippen LogP contribution is 2.33. The molecule has 0 atom stereocenters. The third-order valence-corrected chi connectivity index (χ3v) is 5.09. The molecule has 0 amide bonds. The van der Waals surface area contributed by atoms with Gasteiger partial charge in [0.25, 0.3) is 0 Å². The van der Waals surface area contributed by atoms with Crippen molar-refractivity contribution in [3.8, 4) is 0 Å². The first-order valence-electron chi connectivity index (χ1n) is 8.14. The van der Waals surface area contributed by atoms with Crippen molar-refractivity contribution < 1.29 is 4.42 Å². The Bertz CT molecular complexity index is 1090. The van der Waals surface area contributed by atoms with Crippen molar-refractivity contribution in [1.82, 2.24) is 9.97 Å². The molecule has 5 nitrogen and oxygen atoms in total. The van der Waals surface area contributed by atoms with Crippen molar-refractivity contribution in [3.63, 3.8) is 0 Å². The van der Waals surface area contributed by atoms with Gasteiger partial charge in [-0.05, 0) is 47.7 Å². The molecule has 2 heterocycles. The van der Waals surface area contributed by atoms with E-state index in [-0.39, 0.29) is 5.41 Å².